The highest BCUT2D eigenvalue weighted by Gasteiger charge is 2.23. The summed E-state index contributed by atoms with van der Waals surface area (Å²) in [6, 6.07) is 15.1. The van der Waals surface area contributed by atoms with E-state index in [0.717, 1.165) is 55.3 Å². The zero-order valence-corrected chi connectivity index (χ0v) is 17.7. The SMILES string of the molecule is CN=C(NCCc1ccccn1)N1CCN(C(C)c2ccc(Br)cc2)CC1. The van der Waals surface area contributed by atoms with Crippen molar-refractivity contribution in [1.29, 1.82) is 0 Å². The monoisotopic (exact) mass is 429 g/mol. The maximum absolute atomic E-state index is 4.47. The number of rotatable bonds is 5. The lowest BCUT2D eigenvalue weighted by Crippen LogP contribution is -2.53. The molecule has 144 valence electrons. The molecule has 5 nitrogen and oxygen atoms in total. The quantitative estimate of drug-likeness (QED) is 0.584. The zero-order valence-electron chi connectivity index (χ0n) is 16.1. The Kier molecular flexibility index (Phi) is 7.24. The van der Waals surface area contributed by atoms with Crippen LogP contribution in [0.4, 0.5) is 0 Å². The van der Waals surface area contributed by atoms with Crippen molar-refractivity contribution in [2.75, 3.05) is 39.8 Å². The van der Waals surface area contributed by atoms with Gasteiger partial charge in [0, 0.05) is 68.6 Å². The third kappa shape index (κ3) is 5.53. The molecule has 0 bridgehead atoms. The molecule has 1 unspecified atom stereocenters. The van der Waals surface area contributed by atoms with E-state index in [1.165, 1.54) is 5.56 Å². The van der Waals surface area contributed by atoms with E-state index in [1.807, 2.05) is 25.4 Å². The number of aliphatic imine (C=N–C) groups is 1. The van der Waals surface area contributed by atoms with Gasteiger partial charge in [0.05, 0.1) is 0 Å². The van der Waals surface area contributed by atoms with Crippen LogP contribution in [0.25, 0.3) is 0 Å². The van der Waals surface area contributed by atoms with Gasteiger partial charge in [0.1, 0.15) is 0 Å². The second-order valence-electron chi connectivity index (χ2n) is 6.80. The van der Waals surface area contributed by atoms with E-state index in [4.69, 9.17) is 0 Å². The fraction of sp³-hybridized carbons (Fsp3) is 0.429. The highest BCUT2D eigenvalue weighted by atomic mass is 79.9. The van der Waals surface area contributed by atoms with E-state index < -0.39 is 0 Å². The maximum atomic E-state index is 4.47. The Morgan fingerprint density at radius 1 is 1.15 bits per heavy atom. The fourth-order valence-corrected chi connectivity index (χ4v) is 3.72. The van der Waals surface area contributed by atoms with Crippen molar-refractivity contribution in [3.05, 3.63) is 64.4 Å². The summed E-state index contributed by atoms with van der Waals surface area (Å²) in [5, 5.41) is 3.48. The van der Waals surface area contributed by atoms with Crippen LogP contribution in [0, 0.1) is 0 Å². The topological polar surface area (TPSA) is 43.8 Å². The van der Waals surface area contributed by atoms with Gasteiger partial charge in [-0.3, -0.25) is 14.9 Å². The summed E-state index contributed by atoms with van der Waals surface area (Å²) in [7, 11) is 1.86. The molecule has 1 aliphatic rings. The number of guanidine groups is 1. The van der Waals surface area contributed by atoms with Crippen molar-refractivity contribution in [3.63, 3.8) is 0 Å². The molecule has 0 saturated carbocycles. The minimum absolute atomic E-state index is 0.430. The summed E-state index contributed by atoms with van der Waals surface area (Å²) in [5.41, 5.74) is 2.47. The van der Waals surface area contributed by atoms with Gasteiger partial charge in [0.2, 0.25) is 0 Å². The molecule has 1 aromatic carbocycles. The first-order valence-electron chi connectivity index (χ1n) is 9.52. The van der Waals surface area contributed by atoms with Crippen molar-refractivity contribution >= 4 is 21.9 Å². The van der Waals surface area contributed by atoms with E-state index in [1.54, 1.807) is 0 Å². The van der Waals surface area contributed by atoms with Crippen molar-refractivity contribution in [1.82, 2.24) is 20.1 Å². The Balaban J connectivity index is 1.47. The van der Waals surface area contributed by atoms with Gasteiger partial charge >= 0.3 is 0 Å². The lowest BCUT2D eigenvalue weighted by atomic mass is 10.1. The van der Waals surface area contributed by atoms with Gasteiger partial charge < -0.3 is 10.2 Å². The number of nitrogens with one attached hydrogen (secondary N) is 1. The molecule has 0 amide bonds. The fourth-order valence-electron chi connectivity index (χ4n) is 3.45. The third-order valence-corrected chi connectivity index (χ3v) is 5.64. The van der Waals surface area contributed by atoms with Gasteiger partial charge in [-0.25, -0.2) is 0 Å². The Morgan fingerprint density at radius 3 is 2.52 bits per heavy atom. The lowest BCUT2D eigenvalue weighted by Gasteiger charge is -2.39. The first-order chi connectivity index (χ1) is 13.2. The zero-order chi connectivity index (χ0) is 19.1. The van der Waals surface area contributed by atoms with Crippen LogP contribution in [0.15, 0.2) is 58.1 Å². The Hall–Kier alpha value is -1.92. The number of nitrogens with zero attached hydrogens (tertiary/aromatic N) is 4. The predicted octanol–water partition coefficient (Wildman–Crippen LogP) is 3.34. The highest BCUT2D eigenvalue weighted by molar-refractivity contribution is 9.10. The number of benzene rings is 1. The van der Waals surface area contributed by atoms with E-state index in [-0.39, 0.29) is 0 Å². The normalized spacial score (nSPS) is 17.0. The van der Waals surface area contributed by atoms with E-state index in [0.29, 0.717) is 6.04 Å². The number of aromatic nitrogens is 1. The first-order valence-corrected chi connectivity index (χ1v) is 10.3. The molecule has 0 spiro atoms. The van der Waals surface area contributed by atoms with Crippen molar-refractivity contribution in [2.45, 2.75) is 19.4 Å². The standard InChI is InChI=1S/C21H28BrN5/c1-17(18-6-8-19(22)9-7-18)26-13-15-27(16-14-26)21(23-2)25-12-10-20-5-3-4-11-24-20/h3-9,11,17H,10,12-16H2,1-2H3,(H,23,25). The Labute approximate surface area is 170 Å². The van der Waals surface area contributed by atoms with Crippen LogP contribution in [0.2, 0.25) is 0 Å². The molecule has 1 fully saturated rings. The highest BCUT2D eigenvalue weighted by Crippen LogP contribution is 2.23. The molecule has 0 aliphatic carbocycles. The van der Waals surface area contributed by atoms with Crippen LogP contribution in [-0.4, -0.2) is 60.5 Å². The second-order valence-corrected chi connectivity index (χ2v) is 7.71. The third-order valence-electron chi connectivity index (χ3n) is 5.12. The van der Waals surface area contributed by atoms with Crippen LogP contribution in [0.5, 0.6) is 0 Å². The average molecular weight is 430 g/mol. The smallest absolute Gasteiger partial charge is 0.193 e. The lowest BCUT2D eigenvalue weighted by molar-refractivity contribution is 0.138. The molecule has 2 heterocycles. The van der Waals surface area contributed by atoms with E-state index in [9.17, 15) is 0 Å². The maximum Gasteiger partial charge on any atom is 0.193 e. The molecule has 6 heteroatoms. The summed E-state index contributed by atoms with van der Waals surface area (Å²) in [6.45, 7) is 7.20. The molecule has 0 radical (unpaired) electrons. The van der Waals surface area contributed by atoms with Crippen molar-refractivity contribution in [3.8, 4) is 0 Å². The van der Waals surface area contributed by atoms with Crippen LogP contribution in [0.1, 0.15) is 24.2 Å². The van der Waals surface area contributed by atoms with Crippen LogP contribution in [-0.2, 0) is 6.42 Å². The summed E-state index contributed by atoms with van der Waals surface area (Å²) in [4.78, 5) is 13.7. The molecular weight excluding hydrogens is 402 g/mol. The second kappa shape index (κ2) is 9.85. The molecule has 3 rings (SSSR count). The minimum Gasteiger partial charge on any atom is -0.356 e. The molecular formula is C21H28BrN5. The largest absolute Gasteiger partial charge is 0.356 e. The van der Waals surface area contributed by atoms with Crippen molar-refractivity contribution < 1.29 is 0 Å². The molecule has 1 N–H and O–H groups in total. The van der Waals surface area contributed by atoms with Crippen LogP contribution < -0.4 is 5.32 Å². The molecule has 2 aromatic rings. The average Bonchev–Trinajstić information content (AvgIpc) is 2.72. The van der Waals surface area contributed by atoms with Crippen LogP contribution >= 0.6 is 15.9 Å². The summed E-state index contributed by atoms with van der Waals surface area (Å²) >= 11 is 3.51. The number of hydrogen-bond acceptors (Lipinski definition) is 3. The predicted molar refractivity (Wildman–Crippen MR) is 115 cm³/mol. The molecule has 1 aliphatic heterocycles. The number of hydrogen-bond donors (Lipinski definition) is 1. The molecule has 27 heavy (non-hydrogen) atoms. The van der Waals surface area contributed by atoms with E-state index in [2.05, 4.69) is 78.3 Å². The van der Waals surface area contributed by atoms with Gasteiger partial charge in [-0.15, -0.1) is 0 Å². The molecule has 1 atom stereocenters. The van der Waals surface area contributed by atoms with E-state index >= 15 is 0 Å². The number of piperazine rings is 1. The van der Waals surface area contributed by atoms with Crippen LogP contribution in [0.3, 0.4) is 0 Å². The van der Waals surface area contributed by atoms with Gasteiger partial charge in [0.25, 0.3) is 0 Å². The van der Waals surface area contributed by atoms with Gasteiger partial charge in [-0.1, -0.05) is 34.1 Å². The van der Waals surface area contributed by atoms with Gasteiger partial charge in [-0.2, -0.15) is 0 Å². The van der Waals surface area contributed by atoms with Gasteiger partial charge in [-0.05, 0) is 36.8 Å². The Morgan fingerprint density at radius 2 is 1.89 bits per heavy atom. The summed E-state index contributed by atoms with van der Waals surface area (Å²) < 4.78 is 1.13. The summed E-state index contributed by atoms with van der Waals surface area (Å²) in [5.74, 6) is 0.988. The minimum atomic E-state index is 0.430. The first kappa shape index (κ1) is 19.8. The Bertz CT molecular complexity index is 724. The number of pyridine rings is 1. The molecule has 1 saturated heterocycles. The van der Waals surface area contributed by atoms with Gasteiger partial charge in [0.15, 0.2) is 5.96 Å². The number of halogens is 1. The summed E-state index contributed by atoms with van der Waals surface area (Å²) in [6.07, 6.45) is 2.75. The molecule has 1 aromatic heterocycles. The van der Waals surface area contributed by atoms with Crippen molar-refractivity contribution in [2.24, 2.45) is 4.99 Å².